The molecular formula is C15H19BrN2O2. The first kappa shape index (κ1) is 15.0. The molecular weight excluding hydrogens is 320 g/mol. The molecule has 108 valence electrons. The number of hydrogen-bond donors (Lipinski definition) is 2. The summed E-state index contributed by atoms with van der Waals surface area (Å²) in [6, 6.07) is 7.25. The van der Waals surface area contributed by atoms with E-state index in [2.05, 4.69) is 33.5 Å². The normalized spacial score (nSPS) is 22.1. The topological polar surface area (TPSA) is 58.2 Å². The van der Waals surface area contributed by atoms with Crippen LogP contribution in [-0.4, -0.2) is 17.9 Å². The number of nitrogens with one attached hydrogen (secondary N) is 2. The van der Waals surface area contributed by atoms with Gasteiger partial charge in [-0.15, -0.1) is 0 Å². The minimum atomic E-state index is -0.606. The van der Waals surface area contributed by atoms with Gasteiger partial charge in [-0.05, 0) is 43.0 Å². The number of hydrogen-bond acceptors (Lipinski definition) is 2. The van der Waals surface area contributed by atoms with Crippen LogP contribution < -0.4 is 10.6 Å². The van der Waals surface area contributed by atoms with Crippen molar-refractivity contribution in [2.75, 3.05) is 5.32 Å². The monoisotopic (exact) mass is 338 g/mol. The quantitative estimate of drug-likeness (QED) is 0.814. The molecule has 2 rings (SSSR count). The molecule has 0 unspecified atom stereocenters. The molecule has 0 saturated heterocycles. The van der Waals surface area contributed by atoms with Gasteiger partial charge in [0.25, 0.3) is 0 Å². The molecule has 0 bridgehead atoms. The summed E-state index contributed by atoms with van der Waals surface area (Å²) in [5.74, 6) is -0.718. The molecule has 1 aromatic carbocycles. The lowest BCUT2D eigenvalue weighted by atomic mass is 9.86. The minimum absolute atomic E-state index is 0.118. The lowest BCUT2D eigenvalue weighted by Gasteiger charge is -2.29. The van der Waals surface area contributed by atoms with E-state index >= 15 is 0 Å². The van der Waals surface area contributed by atoms with E-state index in [4.69, 9.17) is 0 Å². The lowest BCUT2D eigenvalue weighted by Crippen LogP contribution is -2.45. The first-order valence-electron chi connectivity index (χ1n) is 6.93. The van der Waals surface area contributed by atoms with E-state index in [1.54, 1.807) is 12.1 Å². The van der Waals surface area contributed by atoms with Gasteiger partial charge in [0, 0.05) is 16.2 Å². The first-order valence-corrected chi connectivity index (χ1v) is 7.73. The van der Waals surface area contributed by atoms with Crippen molar-refractivity contribution in [1.82, 2.24) is 5.32 Å². The van der Waals surface area contributed by atoms with Crippen LogP contribution in [0.25, 0.3) is 0 Å². The van der Waals surface area contributed by atoms with Crippen LogP contribution in [0.15, 0.2) is 28.7 Å². The Morgan fingerprint density at radius 3 is 2.40 bits per heavy atom. The van der Waals surface area contributed by atoms with Crippen LogP contribution in [0.5, 0.6) is 0 Å². The maximum absolute atomic E-state index is 11.9. The summed E-state index contributed by atoms with van der Waals surface area (Å²) in [6.07, 6.45) is 4.39. The van der Waals surface area contributed by atoms with E-state index in [0.717, 1.165) is 23.7 Å². The van der Waals surface area contributed by atoms with Gasteiger partial charge in [-0.1, -0.05) is 35.7 Å². The fraction of sp³-hybridized carbons (Fsp3) is 0.467. The average molecular weight is 339 g/mol. The highest BCUT2D eigenvalue weighted by Gasteiger charge is 2.25. The van der Waals surface area contributed by atoms with Crippen molar-refractivity contribution in [3.8, 4) is 0 Å². The number of anilines is 1. The molecule has 0 aliphatic heterocycles. The van der Waals surface area contributed by atoms with Gasteiger partial charge in [-0.2, -0.15) is 0 Å². The number of carbonyl (C=O) groups excluding carboxylic acids is 2. The molecule has 1 aliphatic carbocycles. The smallest absolute Gasteiger partial charge is 0.313 e. The molecule has 2 atom stereocenters. The zero-order valence-electron chi connectivity index (χ0n) is 11.5. The zero-order chi connectivity index (χ0) is 14.5. The van der Waals surface area contributed by atoms with E-state index in [0.29, 0.717) is 11.6 Å². The van der Waals surface area contributed by atoms with Crippen LogP contribution >= 0.6 is 15.9 Å². The van der Waals surface area contributed by atoms with E-state index in [9.17, 15) is 9.59 Å². The zero-order valence-corrected chi connectivity index (χ0v) is 13.1. The summed E-state index contributed by atoms with van der Waals surface area (Å²) in [6.45, 7) is 2.12. The molecule has 0 heterocycles. The lowest BCUT2D eigenvalue weighted by molar-refractivity contribution is -0.137. The van der Waals surface area contributed by atoms with Crippen molar-refractivity contribution in [3.05, 3.63) is 28.7 Å². The van der Waals surface area contributed by atoms with Gasteiger partial charge in [0.15, 0.2) is 0 Å². The molecule has 1 aliphatic rings. The van der Waals surface area contributed by atoms with Crippen molar-refractivity contribution in [3.63, 3.8) is 0 Å². The molecule has 1 saturated carbocycles. The van der Waals surface area contributed by atoms with Gasteiger partial charge in [0.2, 0.25) is 0 Å². The SMILES string of the molecule is C[C@H]1CCCC[C@@H]1NC(=O)C(=O)Nc1ccc(Br)cc1. The molecule has 1 aromatic rings. The highest BCUT2D eigenvalue weighted by atomic mass is 79.9. The Balaban J connectivity index is 1.88. The van der Waals surface area contributed by atoms with Crippen molar-refractivity contribution in [2.24, 2.45) is 5.92 Å². The molecule has 2 amide bonds. The molecule has 0 spiro atoms. The molecule has 2 N–H and O–H groups in total. The van der Waals surface area contributed by atoms with Crippen molar-refractivity contribution in [2.45, 2.75) is 38.6 Å². The summed E-state index contributed by atoms with van der Waals surface area (Å²) < 4.78 is 0.927. The second kappa shape index (κ2) is 6.88. The predicted molar refractivity (Wildman–Crippen MR) is 82.3 cm³/mol. The summed E-state index contributed by atoms with van der Waals surface area (Å²) in [7, 11) is 0. The maximum Gasteiger partial charge on any atom is 0.313 e. The minimum Gasteiger partial charge on any atom is -0.345 e. The van der Waals surface area contributed by atoms with Crippen LogP contribution in [0, 0.1) is 5.92 Å². The predicted octanol–water partition coefficient (Wildman–Crippen LogP) is 3.08. The Morgan fingerprint density at radius 2 is 1.75 bits per heavy atom. The maximum atomic E-state index is 11.9. The fourth-order valence-corrected chi connectivity index (χ4v) is 2.75. The number of halogens is 1. The summed E-state index contributed by atoms with van der Waals surface area (Å²) in [5, 5.41) is 5.44. The van der Waals surface area contributed by atoms with E-state index in [1.807, 2.05) is 12.1 Å². The largest absolute Gasteiger partial charge is 0.345 e. The molecule has 0 radical (unpaired) electrons. The van der Waals surface area contributed by atoms with E-state index in [1.165, 1.54) is 6.42 Å². The van der Waals surface area contributed by atoms with Crippen molar-refractivity contribution < 1.29 is 9.59 Å². The second-order valence-electron chi connectivity index (χ2n) is 5.30. The third kappa shape index (κ3) is 4.07. The highest BCUT2D eigenvalue weighted by Crippen LogP contribution is 2.23. The summed E-state index contributed by atoms with van der Waals surface area (Å²) in [4.78, 5) is 23.7. The van der Waals surface area contributed by atoms with Gasteiger partial charge < -0.3 is 10.6 Å². The molecule has 4 nitrogen and oxygen atoms in total. The van der Waals surface area contributed by atoms with Crippen molar-refractivity contribution in [1.29, 1.82) is 0 Å². The number of amides is 2. The van der Waals surface area contributed by atoms with Gasteiger partial charge in [-0.25, -0.2) is 0 Å². The van der Waals surface area contributed by atoms with Crippen LogP contribution in [0.1, 0.15) is 32.6 Å². The van der Waals surface area contributed by atoms with E-state index < -0.39 is 11.8 Å². The van der Waals surface area contributed by atoms with Crippen LogP contribution in [0.4, 0.5) is 5.69 Å². The Hall–Kier alpha value is -1.36. The van der Waals surface area contributed by atoms with Crippen LogP contribution in [0.3, 0.4) is 0 Å². The van der Waals surface area contributed by atoms with Crippen LogP contribution in [0.2, 0.25) is 0 Å². The van der Waals surface area contributed by atoms with Gasteiger partial charge in [-0.3, -0.25) is 9.59 Å². The average Bonchev–Trinajstić information content (AvgIpc) is 2.44. The second-order valence-corrected chi connectivity index (χ2v) is 6.22. The summed E-state index contributed by atoms with van der Waals surface area (Å²) >= 11 is 3.32. The van der Waals surface area contributed by atoms with Crippen molar-refractivity contribution >= 4 is 33.4 Å². The fourth-order valence-electron chi connectivity index (χ4n) is 2.49. The number of carbonyl (C=O) groups is 2. The van der Waals surface area contributed by atoms with Gasteiger partial charge in [0.1, 0.15) is 0 Å². The standard InChI is InChI=1S/C15H19BrN2O2/c1-10-4-2-3-5-13(10)18-15(20)14(19)17-12-8-6-11(16)7-9-12/h6-10,13H,2-5H2,1H3,(H,17,19)(H,18,20)/t10-,13-/m0/s1. The Morgan fingerprint density at radius 1 is 1.10 bits per heavy atom. The first-order chi connectivity index (χ1) is 9.56. The number of rotatable bonds is 2. The highest BCUT2D eigenvalue weighted by molar-refractivity contribution is 9.10. The summed E-state index contributed by atoms with van der Waals surface area (Å²) in [5.41, 5.74) is 0.616. The molecule has 20 heavy (non-hydrogen) atoms. The third-order valence-electron chi connectivity index (χ3n) is 3.74. The Kier molecular flexibility index (Phi) is 5.17. The van der Waals surface area contributed by atoms with E-state index in [-0.39, 0.29) is 6.04 Å². The molecule has 0 aromatic heterocycles. The third-order valence-corrected chi connectivity index (χ3v) is 4.26. The molecule has 5 heteroatoms. The number of benzene rings is 1. The molecule has 1 fully saturated rings. The Bertz CT molecular complexity index is 487. The van der Waals surface area contributed by atoms with Gasteiger partial charge in [0.05, 0.1) is 0 Å². The Labute approximate surface area is 127 Å². The van der Waals surface area contributed by atoms with Gasteiger partial charge >= 0.3 is 11.8 Å². The van der Waals surface area contributed by atoms with Crippen LogP contribution in [-0.2, 0) is 9.59 Å².